The molecular weight excluding hydrogens is 240 g/mol. The molecule has 0 saturated heterocycles. The summed E-state index contributed by atoms with van der Waals surface area (Å²) in [5, 5.41) is 0.537. The van der Waals surface area contributed by atoms with Crippen LogP contribution in [-0.4, -0.2) is 44.8 Å². The zero-order valence-corrected chi connectivity index (χ0v) is 10.9. The van der Waals surface area contributed by atoms with Gasteiger partial charge in [0, 0.05) is 37.4 Å². The van der Waals surface area contributed by atoms with Gasteiger partial charge in [-0.05, 0) is 18.2 Å². The Balaban J connectivity index is 2.94. The van der Waals surface area contributed by atoms with Gasteiger partial charge >= 0.3 is 0 Å². The van der Waals surface area contributed by atoms with E-state index in [-0.39, 0.29) is 12.5 Å². The van der Waals surface area contributed by atoms with Crippen molar-refractivity contribution in [3.05, 3.63) is 28.8 Å². The van der Waals surface area contributed by atoms with Gasteiger partial charge < -0.3 is 9.80 Å². The first-order chi connectivity index (χ1) is 7.95. The number of carbonyl (C=O) groups is 2. The Morgan fingerprint density at radius 1 is 1.35 bits per heavy atom. The first-order valence-electron chi connectivity index (χ1n) is 5.11. The number of likely N-dealkylation sites (N-methyl/N-ethyl adjacent to an activating group) is 2. The summed E-state index contributed by atoms with van der Waals surface area (Å²) in [5.74, 6) is -0.0377. The molecule has 0 unspecified atom stereocenters. The van der Waals surface area contributed by atoms with Crippen molar-refractivity contribution in [3.63, 3.8) is 0 Å². The average molecular weight is 255 g/mol. The lowest BCUT2D eigenvalue weighted by molar-refractivity contribution is -0.127. The zero-order chi connectivity index (χ0) is 13.0. The van der Waals surface area contributed by atoms with Crippen molar-refractivity contribution in [2.24, 2.45) is 0 Å². The highest BCUT2D eigenvalue weighted by Gasteiger charge is 2.12. The Kier molecular flexibility index (Phi) is 4.52. The van der Waals surface area contributed by atoms with E-state index in [0.29, 0.717) is 16.3 Å². The minimum atomic E-state index is -0.0377. The number of nitrogens with zero attached hydrogens (tertiary/aromatic N) is 2. The maximum atomic E-state index is 11.6. The van der Waals surface area contributed by atoms with Crippen LogP contribution in [0.15, 0.2) is 18.2 Å². The van der Waals surface area contributed by atoms with Gasteiger partial charge in [-0.2, -0.15) is 0 Å². The Morgan fingerprint density at radius 3 is 2.53 bits per heavy atom. The zero-order valence-electron chi connectivity index (χ0n) is 10.1. The molecule has 0 aliphatic heterocycles. The lowest BCUT2D eigenvalue weighted by Gasteiger charge is -2.22. The van der Waals surface area contributed by atoms with Gasteiger partial charge in [0.15, 0.2) is 6.29 Å². The molecule has 0 radical (unpaired) electrons. The van der Waals surface area contributed by atoms with Crippen LogP contribution in [-0.2, 0) is 4.79 Å². The van der Waals surface area contributed by atoms with Crippen LogP contribution in [0.4, 0.5) is 5.69 Å². The van der Waals surface area contributed by atoms with E-state index in [1.165, 1.54) is 4.90 Å². The van der Waals surface area contributed by atoms with E-state index in [4.69, 9.17) is 11.6 Å². The van der Waals surface area contributed by atoms with E-state index in [0.717, 1.165) is 6.29 Å². The van der Waals surface area contributed by atoms with Crippen molar-refractivity contribution < 1.29 is 9.59 Å². The quantitative estimate of drug-likeness (QED) is 0.768. The summed E-state index contributed by atoms with van der Waals surface area (Å²) in [4.78, 5) is 25.7. The normalized spacial score (nSPS) is 9.88. The fourth-order valence-electron chi connectivity index (χ4n) is 1.38. The standard InChI is InChI=1S/C12H15ClN2O2/c1-14(2)12(17)7-15(3)11-6-10(13)5-4-9(11)8-16/h4-6,8H,7H2,1-3H3. The molecule has 0 fully saturated rings. The number of rotatable bonds is 4. The first-order valence-corrected chi connectivity index (χ1v) is 5.49. The molecule has 0 aliphatic carbocycles. The molecule has 4 nitrogen and oxygen atoms in total. The highest BCUT2D eigenvalue weighted by Crippen LogP contribution is 2.22. The van der Waals surface area contributed by atoms with Crippen LogP contribution in [0.1, 0.15) is 10.4 Å². The number of benzene rings is 1. The first kappa shape index (κ1) is 13.5. The maximum absolute atomic E-state index is 11.6. The fraction of sp³-hybridized carbons (Fsp3) is 0.333. The second-order valence-electron chi connectivity index (χ2n) is 3.97. The largest absolute Gasteiger partial charge is 0.365 e. The average Bonchev–Trinajstić information content (AvgIpc) is 2.28. The third kappa shape index (κ3) is 3.46. The molecule has 1 rings (SSSR count). The van der Waals surface area contributed by atoms with Crippen molar-refractivity contribution in [1.29, 1.82) is 0 Å². The molecular formula is C12H15ClN2O2. The monoisotopic (exact) mass is 254 g/mol. The van der Waals surface area contributed by atoms with Crippen LogP contribution in [0.2, 0.25) is 5.02 Å². The molecule has 5 heteroatoms. The van der Waals surface area contributed by atoms with Gasteiger partial charge in [-0.15, -0.1) is 0 Å². The molecule has 1 aromatic carbocycles. The smallest absolute Gasteiger partial charge is 0.241 e. The van der Waals surface area contributed by atoms with Gasteiger partial charge in [0.2, 0.25) is 5.91 Å². The lowest BCUT2D eigenvalue weighted by Crippen LogP contribution is -2.34. The van der Waals surface area contributed by atoms with Crippen LogP contribution in [0.25, 0.3) is 0 Å². The Labute approximate surface area is 106 Å². The van der Waals surface area contributed by atoms with Crippen LogP contribution >= 0.6 is 11.6 Å². The Morgan fingerprint density at radius 2 is 2.00 bits per heavy atom. The van der Waals surface area contributed by atoms with Crippen molar-refractivity contribution in [2.45, 2.75) is 0 Å². The van der Waals surface area contributed by atoms with Crippen molar-refractivity contribution in [1.82, 2.24) is 4.90 Å². The molecule has 0 atom stereocenters. The molecule has 0 heterocycles. The molecule has 0 bridgehead atoms. The van der Waals surface area contributed by atoms with Crippen LogP contribution in [0, 0.1) is 0 Å². The predicted octanol–water partition coefficient (Wildman–Crippen LogP) is 1.68. The number of halogens is 1. The number of carbonyl (C=O) groups excluding carboxylic acids is 2. The molecule has 17 heavy (non-hydrogen) atoms. The Hall–Kier alpha value is -1.55. The van der Waals surface area contributed by atoms with Crippen LogP contribution < -0.4 is 4.90 Å². The second kappa shape index (κ2) is 5.68. The van der Waals surface area contributed by atoms with Crippen LogP contribution in [0.5, 0.6) is 0 Å². The van der Waals surface area contributed by atoms with E-state index in [1.54, 1.807) is 44.2 Å². The molecule has 0 aromatic heterocycles. The summed E-state index contributed by atoms with van der Waals surface area (Å²) < 4.78 is 0. The van der Waals surface area contributed by atoms with E-state index < -0.39 is 0 Å². The number of amides is 1. The molecule has 1 amide bonds. The van der Waals surface area contributed by atoms with Crippen molar-refractivity contribution in [3.8, 4) is 0 Å². The fourth-order valence-corrected chi connectivity index (χ4v) is 1.54. The summed E-state index contributed by atoms with van der Waals surface area (Å²) >= 11 is 5.88. The number of hydrogen-bond acceptors (Lipinski definition) is 3. The van der Waals surface area contributed by atoms with Gasteiger partial charge in [0.1, 0.15) is 0 Å². The van der Waals surface area contributed by atoms with Crippen molar-refractivity contribution in [2.75, 3.05) is 32.6 Å². The third-order valence-electron chi connectivity index (χ3n) is 2.40. The van der Waals surface area contributed by atoms with Gasteiger partial charge in [0.25, 0.3) is 0 Å². The van der Waals surface area contributed by atoms with E-state index in [2.05, 4.69) is 0 Å². The highest BCUT2D eigenvalue weighted by molar-refractivity contribution is 6.31. The molecule has 1 aromatic rings. The van der Waals surface area contributed by atoms with E-state index >= 15 is 0 Å². The third-order valence-corrected chi connectivity index (χ3v) is 2.64. The number of anilines is 1. The van der Waals surface area contributed by atoms with Gasteiger partial charge in [0.05, 0.1) is 6.54 Å². The number of aldehydes is 1. The summed E-state index contributed by atoms with van der Waals surface area (Å²) in [7, 11) is 5.13. The van der Waals surface area contributed by atoms with Gasteiger partial charge in [-0.1, -0.05) is 11.6 Å². The van der Waals surface area contributed by atoms with Gasteiger partial charge in [-0.3, -0.25) is 9.59 Å². The second-order valence-corrected chi connectivity index (χ2v) is 4.40. The maximum Gasteiger partial charge on any atom is 0.241 e. The lowest BCUT2D eigenvalue weighted by atomic mass is 10.2. The highest BCUT2D eigenvalue weighted by atomic mass is 35.5. The molecule has 0 N–H and O–H groups in total. The Bertz CT molecular complexity index is 433. The van der Waals surface area contributed by atoms with Crippen molar-refractivity contribution >= 4 is 29.5 Å². The summed E-state index contributed by atoms with van der Waals surface area (Å²) in [5.41, 5.74) is 1.17. The molecule has 92 valence electrons. The minimum absolute atomic E-state index is 0.0377. The van der Waals surface area contributed by atoms with Crippen LogP contribution in [0.3, 0.4) is 0 Å². The summed E-state index contributed by atoms with van der Waals surface area (Å²) in [6, 6.07) is 4.96. The summed E-state index contributed by atoms with van der Waals surface area (Å²) in [6.07, 6.45) is 0.752. The number of hydrogen-bond donors (Lipinski definition) is 0. The van der Waals surface area contributed by atoms with E-state index in [1.807, 2.05) is 0 Å². The van der Waals surface area contributed by atoms with E-state index in [9.17, 15) is 9.59 Å². The predicted molar refractivity (Wildman–Crippen MR) is 68.8 cm³/mol. The summed E-state index contributed by atoms with van der Waals surface area (Å²) in [6.45, 7) is 0.203. The minimum Gasteiger partial charge on any atom is -0.365 e. The molecule has 0 saturated carbocycles. The SMILES string of the molecule is CN(C)C(=O)CN(C)c1cc(Cl)ccc1C=O. The molecule has 0 aliphatic rings. The molecule has 0 spiro atoms. The van der Waals surface area contributed by atoms with Gasteiger partial charge in [-0.25, -0.2) is 0 Å². The topological polar surface area (TPSA) is 40.6 Å².